The van der Waals surface area contributed by atoms with Gasteiger partial charge in [-0.05, 0) is 19.4 Å². The zero-order valence-corrected chi connectivity index (χ0v) is 8.04. The smallest absolute Gasteiger partial charge is 0.0847 e. The number of rotatable bonds is 2. The minimum Gasteiger partial charge on any atom is -0.399 e. The number of benzene rings is 1. The lowest BCUT2D eigenvalue weighted by atomic mass is 9.92. The molecular weight excluding hydrogens is 162 g/mol. The first-order chi connectivity index (χ1) is 5.93. The third-order valence-electron chi connectivity index (χ3n) is 1.93. The van der Waals surface area contributed by atoms with Crippen LogP contribution in [0.2, 0.25) is 0 Å². The van der Waals surface area contributed by atoms with Crippen LogP contribution >= 0.6 is 0 Å². The average molecular weight is 177 g/mol. The van der Waals surface area contributed by atoms with Crippen molar-refractivity contribution in [2.75, 3.05) is 0 Å². The summed E-state index contributed by atoms with van der Waals surface area (Å²) in [6.07, 6.45) is 0. The highest BCUT2D eigenvalue weighted by Crippen LogP contribution is 2.25. The molecule has 1 aromatic rings. The summed E-state index contributed by atoms with van der Waals surface area (Å²) < 4.78 is 0. The molecule has 0 aromatic heterocycles. The first-order valence-corrected chi connectivity index (χ1v) is 4.19. The van der Waals surface area contributed by atoms with E-state index in [1.165, 1.54) is 0 Å². The van der Waals surface area contributed by atoms with Crippen molar-refractivity contribution in [2.24, 2.45) is 5.73 Å². The molecule has 0 aliphatic rings. The van der Waals surface area contributed by atoms with Gasteiger partial charge < -0.3 is 10.8 Å². The summed E-state index contributed by atoms with van der Waals surface area (Å²) in [5, 5.41) is 9.82. The molecule has 0 saturated carbocycles. The molecular formula is C11H15NO. The molecule has 70 valence electrons. The Labute approximate surface area is 78.7 Å². The van der Waals surface area contributed by atoms with Crippen LogP contribution in [0.4, 0.5) is 0 Å². The van der Waals surface area contributed by atoms with Crippen molar-refractivity contribution < 1.29 is 5.11 Å². The second kappa shape index (κ2) is 3.23. The van der Waals surface area contributed by atoms with Gasteiger partial charge in [-0.2, -0.15) is 0 Å². The van der Waals surface area contributed by atoms with Gasteiger partial charge in [-0.1, -0.05) is 30.8 Å². The maximum atomic E-state index is 9.82. The lowest BCUT2D eigenvalue weighted by Gasteiger charge is -2.21. The second-order valence-electron chi connectivity index (χ2n) is 3.63. The third-order valence-corrected chi connectivity index (χ3v) is 1.93. The first kappa shape index (κ1) is 9.81. The van der Waals surface area contributed by atoms with E-state index in [0.717, 1.165) is 11.1 Å². The highest BCUT2D eigenvalue weighted by atomic mass is 16.3. The van der Waals surface area contributed by atoms with Crippen molar-refractivity contribution in [3.05, 3.63) is 42.0 Å². The van der Waals surface area contributed by atoms with E-state index in [2.05, 4.69) is 6.58 Å². The highest BCUT2D eigenvalue weighted by molar-refractivity contribution is 5.64. The van der Waals surface area contributed by atoms with Crippen LogP contribution in [0.15, 0.2) is 30.8 Å². The predicted octanol–water partition coefficient (Wildman–Crippen LogP) is 1.84. The van der Waals surface area contributed by atoms with Crippen molar-refractivity contribution in [3.63, 3.8) is 0 Å². The summed E-state index contributed by atoms with van der Waals surface area (Å²) in [6.45, 7) is 7.13. The van der Waals surface area contributed by atoms with Crippen LogP contribution in [0.1, 0.15) is 25.0 Å². The zero-order chi connectivity index (χ0) is 10.1. The van der Waals surface area contributed by atoms with E-state index >= 15 is 0 Å². The van der Waals surface area contributed by atoms with Crippen LogP contribution in [0, 0.1) is 0 Å². The van der Waals surface area contributed by atoms with Gasteiger partial charge in [0.25, 0.3) is 0 Å². The fourth-order valence-electron chi connectivity index (χ4n) is 1.30. The van der Waals surface area contributed by atoms with Gasteiger partial charge in [0.05, 0.1) is 5.60 Å². The van der Waals surface area contributed by atoms with Gasteiger partial charge in [0, 0.05) is 11.3 Å². The summed E-state index contributed by atoms with van der Waals surface area (Å²) >= 11 is 0. The Morgan fingerprint density at radius 1 is 1.38 bits per heavy atom. The van der Waals surface area contributed by atoms with Crippen molar-refractivity contribution in [1.82, 2.24) is 0 Å². The molecule has 13 heavy (non-hydrogen) atoms. The summed E-state index contributed by atoms with van der Waals surface area (Å²) in [4.78, 5) is 0. The van der Waals surface area contributed by atoms with Crippen molar-refractivity contribution in [1.29, 1.82) is 0 Å². The van der Waals surface area contributed by atoms with Gasteiger partial charge in [0.2, 0.25) is 0 Å². The SMILES string of the molecule is C=C(N)c1ccccc1C(C)(C)O. The maximum absolute atomic E-state index is 9.82. The van der Waals surface area contributed by atoms with E-state index < -0.39 is 5.60 Å². The summed E-state index contributed by atoms with van der Waals surface area (Å²) in [6, 6.07) is 7.46. The number of hydrogen-bond acceptors (Lipinski definition) is 2. The van der Waals surface area contributed by atoms with Crippen molar-refractivity contribution in [3.8, 4) is 0 Å². The Kier molecular flexibility index (Phi) is 2.43. The molecule has 0 saturated heterocycles. The quantitative estimate of drug-likeness (QED) is 0.724. The monoisotopic (exact) mass is 177 g/mol. The van der Waals surface area contributed by atoms with E-state index in [1.54, 1.807) is 13.8 Å². The lowest BCUT2D eigenvalue weighted by molar-refractivity contribution is 0.0783. The number of aliphatic hydroxyl groups is 1. The fraction of sp³-hybridized carbons (Fsp3) is 0.273. The molecule has 0 amide bonds. The first-order valence-electron chi connectivity index (χ1n) is 4.19. The van der Waals surface area contributed by atoms with Gasteiger partial charge in [0.1, 0.15) is 0 Å². The van der Waals surface area contributed by atoms with Crippen molar-refractivity contribution >= 4 is 5.70 Å². The summed E-state index contributed by atoms with van der Waals surface area (Å²) in [7, 11) is 0. The second-order valence-corrected chi connectivity index (χ2v) is 3.63. The lowest BCUT2D eigenvalue weighted by Crippen LogP contribution is -2.18. The van der Waals surface area contributed by atoms with Crippen LogP contribution in [0.25, 0.3) is 5.70 Å². The molecule has 0 heterocycles. The highest BCUT2D eigenvalue weighted by Gasteiger charge is 2.19. The van der Waals surface area contributed by atoms with E-state index in [-0.39, 0.29) is 0 Å². The van der Waals surface area contributed by atoms with Gasteiger partial charge in [-0.15, -0.1) is 0 Å². The van der Waals surface area contributed by atoms with Crippen LogP contribution in [0.3, 0.4) is 0 Å². The molecule has 0 spiro atoms. The van der Waals surface area contributed by atoms with E-state index in [0.29, 0.717) is 5.70 Å². The molecule has 2 nitrogen and oxygen atoms in total. The molecule has 0 bridgehead atoms. The summed E-state index contributed by atoms with van der Waals surface area (Å²) in [5.41, 5.74) is 6.84. The normalized spacial score (nSPS) is 11.3. The van der Waals surface area contributed by atoms with E-state index in [9.17, 15) is 5.11 Å². The van der Waals surface area contributed by atoms with Crippen LogP contribution in [-0.4, -0.2) is 5.11 Å². The third kappa shape index (κ3) is 2.10. The average Bonchev–Trinajstić information content (AvgIpc) is 2.03. The Balaban J connectivity index is 3.28. The van der Waals surface area contributed by atoms with E-state index in [1.807, 2.05) is 24.3 Å². The molecule has 0 unspecified atom stereocenters. The van der Waals surface area contributed by atoms with E-state index in [4.69, 9.17) is 5.73 Å². The largest absolute Gasteiger partial charge is 0.399 e. The van der Waals surface area contributed by atoms with Crippen LogP contribution in [-0.2, 0) is 5.60 Å². The molecule has 0 aliphatic heterocycles. The minimum atomic E-state index is -0.876. The minimum absolute atomic E-state index is 0.484. The van der Waals surface area contributed by atoms with Crippen LogP contribution < -0.4 is 5.73 Å². The van der Waals surface area contributed by atoms with Gasteiger partial charge >= 0.3 is 0 Å². The predicted molar refractivity (Wildman–Crippen MR) is 54.9 cm³/mol. The topological polar surface area (TPSA) is 46.2 Å². The number of nitrogens with two attached hydrogens (primary N) is 1. The van der Waals surface area contributed by atoms with Gasteiger partial charge in [-0.3, -0.25) is 0 Å². The Bertz CT molecular complexity index is 323. The molecule has 2 heteroatoms. The Morgan fingerprint density at radius 3 is 2.31 bits per heavy atom. The number of hydrogen-bond donors (Lipinski definition) is 2. The standard InChI is InChI=1S/C11H15NO/c1-8(12)9-6-4-5-7-10(9)11(2,3)13/h4-7,13H,1,12H2,2-3H3. The molecule has 0 aliphatic carbocycles. The Hall–Kier alpha value is -1.28. The van der Waals surface area contributed by atoms with Crippen LogP contribution in [0.5, 0.6) is 0 Å². The molecule has 1 rings (SSSR count). The molecule has 0 fully saturated rings. The van der Waals surface area contributed by atoms with Gasteiger partial charge in [0.15, 0.2) is 0 Å². The fourth-order valence-corrected chi connectivity index (χ4v) is 1.30. The zero-order valence-electron chi connectivity index (χ0n) is 8.04. The molecule has 0 atom stereocenters. The Morgan fingerprint density at radius 2 is 1.92 bits per heavy atom. The molecule has 1 aromatic carbocycles. The van der Waals surface area contributed by atoms with Crippen molar-refractivity contribution in [2.45, 2.75) is 19.4 Å². The van der Waals surface area contributed by atoms with Gasteiger partial charge in [-0.25, -0.2) is 0 Å². The summed E-state index contributed by atoms with van der Waals surface area (Å²) in [5.74, 6) is 0. The maximum Gasteiger partial charge on any atom is 0.0847 e. The molecule has 3 N–H and O–H groups in total. The molecule has 0 radical (unpaired) electrons.